The van der Waals surface area contributed by atoms with Crippen LogP contribution in [0.5, 0.6) is 0 Å². The third-order valence-electron chi connectivity index (χ3n) is 2.95. The van der Waals surface area contributed by atoms with E-state index in [2.05, 4.69) is 33.1 Å². The molecule has 1 N–H and O–H groups in total. The van der Waals surface area contributed by atoms with Crippen LogP contribution in [0, 0.1) is 0 Å². The Bertz CT molecular complexity index is 737. The van der Waals surface area contributed by atoms with Gasteiger partial charge in [-0.25, -0.2) is 4.98 Å². The van der Waals surface area contributed by atoms with Crippen LogP contribution in [0.4, 0.5) is 10.8 Å². The fraction of sp³-hybridized carbons (Fsp3) is 0.0625. The molecule has 5 heteroatoms. The second kappa shape index (κ2) is 6.28. The molecule has 0 bridgehead atoms. The molecular weight excluding hydrogens is 280 g/mol. The van der Waals surface area contributed by atoms with Gasteiger partial charge in [0.15, 0.2) is 5.13 Å². The molecule has 0 saturated heterocycles. The molecule has 2 aromatic heterocycles. The van der Waals surface area contributed by atoms with Gasteiger partial charge < -0.3 is 5.32 Å². The molecule has 2 heterocycles. The van der Waals surface area contributed by atoms with Gasteiger partial charge in [0.2, 0.25) is 0 Å². The third kappa shape index (κ3) is 3.32. The van der Waals surface area contributed by atoms with Crippen molar-refractivity contribution in [3.8, 4) is 11.3 Å². The molecule has 0 unspecified atom stereocenters. The average molecular weight is 294 g/mol. The Morgan fingerprint density at radius 1 is 1.19 bits per heavy atom. The molecule has 4 nitrogen and oxygen atoms in total. The van der Waals surface area contributed by atoms with E-state index in [4.69, 9.17) is 0 Å². The zero-order chi connectivity index (χ0) is 14.5. The van der Waals surface area contributed by atoms with E-state index in [0.29, 0.717) is 6.54 Å². The van der Waals surface area contributed by atoms with Crippen molar-refractivity contribution in [3.63, 3.8) is 0 Å². The minimum atomic E-state index is 0.621. The predicted octanol–water partition coefficient (Wildman–Crippen LogP) is 4.15. The molecule has 0 amide bonds. The van der Waals surface area contributed by atoms with Gasteiger partial charge in [0.25, 0.3) is 0 Å². The minimum Gasteiger partial charge on any atom is -0.332 e. The minimum absolute atomic E-state index is 0.621. The molecule has 0 aliphatic heterocycles. The molecular formula is C16H14N4S. The highest BCUT2D eigenvalue weighted by Gasteiger charge is 2.04. The maximum Gasteiger partial charge on any atom is 0.187 e. The highest BCUT2D eigenvalue weighted by molar-refractivity contribution is 7.14. The van der Waals surface area contributed by atoms with Gasteiger partial charge in [0, 0.05) is 29.0 Å². The summed E-state index contributed by atoms with van der Waals surface area (Å²) in [6, 6.07) is 12.0. The number of hydrogen-bond acceptors (Lipinski definition) is 5. The number of aromatic nitrogens is 2. The molecule has 104 valence electrons. The van der Waals surface area contributed by atoms with Gasteiger partial charge in [-0.15, -0.1) is 11.3 Å². The number of pyridine rings is 1. The zero-order valence-corrected chi connectivity index (χ0v) is 12.2. The van der Waals surface area contributed by atoms with Crippen LogP contribution >= 0.6 is 11.3 Å². The molecule has 0 atom stereocenters. The Morgan fingerprint density at radius 3 is 2.86 bits per heavy atom. The lowest BCUT2D eigenvalue weighted by molar-refractivity contribution is 1.08. The molecule has 0 spiro atoms. The van der Waals surface area contributed by atoms with E-state index in [1.165, 1.54) is 0 Å². The maximum atomic E-state index is 4.60. The Hall–Kier alpha value is -2.53. The van der Waals surface area contributed by atoms with Crippen LogP contribution in [0.1, 0.15) is 5.56 Å². The summed E-state index contributed by atoms with van der Waals surface area (Å²) in [5.74, 6) is 0. The van der Waals surface area contributed by atoms with Gasteiger partial charge in [-0.3, -0.25) is 9.98 Å². The number of hydrogen-bond donors (Lipinski definition) is 1. The fourth-order valence-corrected chi connectivity index (χ4v) is 2.73. The van der Waals surface area contributed by atoms with Gasteiger partial charge in [-0.1, -0.05) is 12.1 Å². The van der Waals surface area contributed by atoms with E-state index in [9.17, 15) is 0 Å². The van der Waals surface area contributed by atoms with Crippen molar-refractivity contribution >= 4 is 28.9 Å². The number of anilines is 2. The van der Waals surface area contributed by atoms with E-state index in [-0.39, 0.29) is 0 Å². The topological polar surface area (TPSA) is 50.2 Å². The first-order chi connectivity index (χ1) is 10.3. The van der Waals surface area contributed by atoms with Gasteiger partial charge in [-0.2, -0.15) is 0 Å². The van der Waals surface area contributed by atoms with Crippen LogP contribution in [0.2, 0.25) is 0 Å². The summed E-state index contributed by atoms with van der Waals surface area (Å²) < 4.78 is 0. The van der Waals surface area contributed by atoms with Crippen LogP contribution < -0.4 is 5.32 Å². The highest BCUT2D eigenvalue weighted by atomic mass is 32.1. The summed E-state index contributed by atoms with van der Waals surface area (Å²) in [6.45, 7) is 4.14. The van der Waals surface area contributed by atoms with Crippen molar-refractivity contribution in [2.45, 2.75) is 6.54 Å². The van der Waals surface area contributed by atoms with Crippen LogP contribution in [0.25, 0.3) is 11.3 Å². The quantitative estimate of drug-likeness (QED) is 0.719. The lowest BCUT2D eigenvalue weighted by atomic mass is 10.2. The normalized spacial score (nSPS) is 10.3. The summed E-state index contributed by atoms with van der Waals surface area (Å²) in [7, 11) is 0. The number of benzene rings is 1. The molecule has 0 aliphatic rings. The van der Waals surface area contributed by atoms with Crippen molar-refractivity contribution in [2.75, 3.05) is 5.32 Å². The first kappa shape index (κ1) is 13.5. The second-order valence-electron chi connectivity index (χ2n) is 4.48. The molecule has 0 fully saturated rings. The Labute approximate surface area is 127 Å². The van der Waals surface area contributed by atoms with Crippen LogP contribution in [0.15, 0.2) is 59.2 Å². The van der Waals surface area contributed by atoms with Crippen molar-refractivity contribution in [1.29, 1.82) is 0 Å². The SMILES string of the molecule is C=NCc1cccc(Nc2nc(-c3ccncc3)cs2)c1. The summed E-state index contributed by atoms with van der Waals surface area (Å²) in [6.07, 6.45) is 3.54. The largest absolute Gasteiger partial charge is 0.332 e. The number of rotatable bonds is 5. The monoisotopic (exact) mass is 294 g/mol. The maximum absolute atomic E-state index is 4.60. The predicted molar refractivity (Wildman–Crippen MR) is 88.3 cm³/mol. The number of aliphatic imine (C=N–C) groups is 1. The second-order valence-corrected chi connectivity index (χ2v) is 5.34. The third-order valence-corrected chi connectivity index (χ3v) is 3.71. The lowest BCUT2D eigenvalue weighted by Crippen LogP contribution is -1.91. The van der Waals surface area contributed by atoms with Gasteiger partial charge >= 0.3 is 0 Å². The van der Waals surface area contributed by atoms with Crippen LogP contribution in [-0.4, -0.2) is 16.7 Å². The Kier molecular flexibility index (Phi) is 4.02. The molecule has 0 aliphatic carbocycles. The summed E-state index contributed by atoms with van der Waals surface area (Å²) >= 11 is 1.58. The standard InChI is InChI=1S/C16H14N4S/c1-17-10-12-3-2-4-14(9-12)19-16-20-15(11-21-16)13-5-7-18-8-6-13/h2-9,11H,1,10H2,(H,19,20). The summed E-state index contributed by atoms with van der Waals surface area (Å²) in [5, 5.41) is 6.22. The first-order valence-electron chi connectivity index (χ1n) is 6.49. The molecule has 3 aromatic rings. The van der Waals surface area contributed by atoms with Crippen LogP contribution in [0.3, 0.4) is 0 Å². The van der Waals surface area contributed by atoms with Gasteiger partial charge in [0.05, 0.1) is 12.2 Å². The van der Waals surface area contributed by atoms with Crippen LogP contribution in [-0.2, 0) is 6.54 Å². The highest BCUT2D eigenvalue weighted by Crippen LogP contribution is 2.27. The van der Waals surface area contributed by atoms with E-state index in [0.717, 1.165) is 27.6 Å². The zero-order valence-electron chi connectivity index (χ0n) is 11.4. The van der Waals surface area contributed by atoms with Gasteiger partial charge in [0.1, 0.15) is 0 Å². The van der Waals surface area contributed by atoms with E-state index in [1.54, 1.807) is 23.7 Å². The Morgan fingerprint density at radius 2 is 2.05 bits per heavy atom. The first-order valence-corrected chi connectivity index (χ1v) is 7.37. The molecule has 0 radical (unpaired) electrons. The van der Waals surface area contributed by atoms with Crippen molar-refractivity contribution in [2.24, 2.45) is 4.99 Å². The van der Waals surface area contributed by atoms with Crippen molar-refractivity contribution < 1.29 is 0 Å². The number of nitrogens with zero attached hydrogens (tertiary/aromatic N) is 3. The van der Waals surface area contributed by atoms with Crippen molar-refractivity contribution in [3.05, 3.63) is 59.7 Å². The van der Waals surface area contributed by atoms with E-state index in [1.807, 2.05) is 35.7 Å². The van der Waals surface area contributed by atoms with E-state index < -0.39 is 0 Å². The van der Waals surface area contributed by atoms with Gasteiger partial charge in [-0.05, 0) is 36.5 Å². The summed E-state index contributed by atoms with van der Waals surface area (Å²) in [4.78, 5) is 12.5. The average Bonchev–Trinajstić information content (AvgIpc) is 2.97. The number of thiazole rings is 1. The number of nitrogens with one attached hydrogen (secondary N) is 1. The lowest BCUT2D eigenvalue weighted by Gasteiger charge is -2.04. The molecule has 0 saturated carbocycles. The van der Waals surface area contributed by atoms with Crippen molar-refractivity contribution in [1.82, 2.24) is 9.97 Å². The Balaban J connectivity index is 1.78. The van der Waals surface area contributed by atoms with E-state index >= 15 is 0 Å². The smallest absolute Gasteiger partial charge is 0.187 e. The molecule has 3 rings (SSSR count). The molecule has 1 aromatic carbocycles. The fourth-order valence-electron chi connectivity index (χ4n) is 1.99. The summed E-state index contributed by atoms with van der Waals surface area (Å²) in [5.41, 5.74) is 4.15. The molecule has 21 heavy (non-hydrogen) atoms.